The van der Waals surface area contributed by atoms with Crippen LogP contribution in [0, 0.1) is 0 Å². The molecule has 1 unspecified atom stereocenters. The highest BCUT2D eigenvalue weighted by Gasteiger charge is 2.29. The molecule has 1 amide bonds. The second-order valence-corrected chi connectivity index (χ2v) is 4.37. The topological polar surface area (TPSA) is 59.0 Å². The second kappa shape index (κ2) is 6.54. The van der Waals surface area contributed by atoms with Gasteiger partial charge in [-0.1, -0.05) is 0 Å². The van der Waals surface area contributed by atoms with Crippen molar-refractivity contribution >= 4 is 11.6 Å². The van der Waals surface area contributed by atoms with Crippen LogP contribution >= 0.6 is 0 Å². The first-order chi connectivity index (χ1) is 9.26. The first-order valence-corrected chi connectivity index (χ1v) is 6.49. The highest BCUT2D eigenvalue weighted by atomic mass is 16.5. The van der Waals surface area contributed by atoms with Crippen molar-refractivity contribution in [1.82, 2.24) is 0 Å². The summed E-state index contributed by atoms with van der Waals surface area (Å²) >= 11 is 0. The molecular weight excluding hydrogens is 246 g/mol. The summed E-state index contributed by atoms with van der Waals surface area (Å²) in [6.45, 7) is 3.13. The largest absolute Gasteiger partial charge is 0.494 e. The van der Waals surface area contributed by atoms with E-state index in [0.717, 1.165) is 11.4 Å². The number of benzene rings is 1. The van der Waals surface area contributed by atoms with Crippen LogP contribution in [0.1, 0.15) is 13.3 Å². The average Bonchev–Trinajstić information content (AvgIpc) is 2.41. The normalized spacial score (nSPS) is 19.6. The Morgan fingerprint density at radius 2 is 2.16 bits per heavy atom. The standard InChI is InChI=1S/C14H19NO4/c1-2-19-13-5-3-11(4-6-13)15-12(7-8-16)9-18-10-14(15)17/h3-6,12,16H,2,7-10H2,1H3. The first-order valence-electron chi connectivity index (χ1n) is 6.49. The Kier molecular flexibility index (Phi) is 4.76. The number of morpholine rings is 1. The molecule has 1 N–H and O–H groups in total. The van der Waals surface area contributed by atoms with Gasteiger partial charge < -0.3 is 19.5 Å². The molecule has 5 nitrogen and oxygen atoms in total. The summed E-state index contributed by atoms with van der Waals surface area (Å²) in [6, 6.07) is 7.30. The van der Waals surface area contributed by atoms with Gasteiger partial charge in [-0.2, -0.15) is 0 Å². The van der Waals surface area contributed by atoms with Crippen LogP contribution < -0.4 is 9.64 Å². The van der Waals surface area contributed by atoms with Gasteiger partial charge in [0.2, 0.25) is 0 Å². The van der Waals surface area contributed by atoms with Gasteiger partial charge in [-0.25, -0.2) is 0 Å². The van der Waals surface area contributed by atoms with E-state index < -0.39 is 0 Å². The molecule has 1 fully saturated rings. The quantitative estimate of drug-likeness (QED) is 0.869. The minimum Gasteiger partial charge on any atom is -0.494 e. The summed E-state index contributed by atoms with van der Waals surface area (Å²) in [7, 11) is 0. The maximum Gasteiger partial charge on any atom is 0.253 e. The minimum absolute atomic E-state index is 0.0365. The third-order valence-electron chi connectivity index (χ3n) is 3.06. The number of aliphatic hydroxyl groups excluding tert-OH is 1. The van der Waals surface area contributed by atoms with Gasteiger partial charge in [0.1, 0.15) is 12.4 Å². The highest BCUT2D eigenvalue weighted by Crippen LogP contribution is 2.24. The Morgan fingerprint density at radius 3 is 2.79 bits per heavy atom. The Labute approximate surface area is 112 Å². The molecule has 1 aromatic rings. The zero-order chi connectivity index (χ0) is 13.7. The van der Waals surface area contributed by atoms with Gasteiger partial charge >= 0.3 is 0 Å². The number of aliphatic hydroxyl groups is 1. The minimum atomic E-state index is -0.107. The van der Waals surface area contributed by atoms with E-state index in [1.165, 1.54) is 0 Å². The van der Waals surface area contributed by atoms with Crippen molar-refractivity contribution in [2.24, 2.45) is 0 Å². The molecule has 0 saturated carbocycles. The van der Waals surface area contributed by atoms with Crippen LogP contribution in [0.4, 0.5) is 5.69 Å². The van der Waals surface area contributed by atoms with Gasteiger partial charge in [-0.05, 0) is 37.6 Å². The smallest absolute Gasteiger partial charge is 0.253 e. The molecule has 1 heterocycles. The Hall–Kier alpha value is -1.59. The molecule has 1 aliphatic heterocycles. The predicted octanol–water partition coefficient (Wildman–Crippen LogP) is 1.20. The SMILES string of the molecule is CCOc1ccc(N2C(=O)COCC2CCO)cc1. The summed E-state index contributed by atoms with van der Waals surface area (Å²) < 4.78 is 10.6. The summed E-state index contributed by atoms with van der Waals surface area (Å²) in [4.78, 5) is 13.7. The molecule has 0 spiro atoms. The lowest BCUT2D eigenvalue weighted by atomic mass is 10.1. The Morgan fingerprint density at radius 1 is 1.42 bits per heavy atom. The van der Waals surface area contributed by atoms with Crippen molar-refractivity contribution in [3.8, 4) is 5.75 Å². The van der Waals surface area contributed by atoms with Gasteiger partial charge in [-0.3, -0.25) is 4.79 Å². The first kappa shape index (κ1) is 13.8. The van der Waals surface area contributed by atoms with Crippen LogP contribution in [0.5, 0.6) is 5.75 Å². The molecule has 104 valence electrons. The molecule has 1 aromatic carbocycles. The summed E-state index contributed by atoms with van der Waals surface area (Å²) in [6.07, 6.45) is 0.513. The predicted molar refractivity (Wildman–Crippen MR) is 71.4 cm³/mol. The number of rotatable bonds is 5. The molecule has 1 atom stereocenters. The Bertz CT molecular complexity index is 416. The van der Waals surface area contributed by atoms with E-state index in [2.05, 4.69) is 0 Å². The zero-order valence-electron chi connectivity index (χ0n) is 11.0. The van der Waals surface area contributed by atoms with Crippen molar-refractivity contribution in [1.29, 1.82) is 0 Å². The average molecular weight is 265 g/mol. The Balaban J connectivity index is 2.18. The van der Waals surface area contributed by atoms with E-state index in [1.54, 1.807) is 4.90 Å². The fourth-order valence-electron chi connectivity index (χ4n) is 2.22. The number of hydrogen-bond donors (Lipinski definition) is 1. The van der Waals surface area contributed by atoms with Gasteiger partial charge in [-0.15, -0.1) is 0 Å². The van der Waals surface area contributed by atoms with Crippen LogP contribution in [0.3, 0.4) is 0 Å². The number of anilines is 1. The van der Waals surface area contributed by atoms with Crippen LogP contribution in [0.25, 0.3) is 0 Å². The van der Waals surface area contributed by atoms with E-state index in [0.29, 0.717) is 19.6 Å². The molecule has 5 heteroatoms. The molecule has 0 aromatic heterocycles. The highest BCUT2D eigenvalue weighted by molar-refractivity contribution is 5.95. The molecule has 1 saturated heterocycles. The fraction of sp³-hybridized carbons (Fsp3) is 0.500. The fourth-order valence-corrected chi connectivity index (χ4v) is 2.22. The summed E-state index contributed by atoms with van der Waals surface area (Å²) in [5.41, 5.74) is 0.815. The van der Waals surface area contributed by atoms with Crippen LogP contribution in [-0.4, -0.2) is 43.5 Å². The number of nitrogens with zero attached hydrogens (tertiary/aromatic N) is 1. The van der Waals surface area contributed by atoms with E-state index in [9.17, 15) is 4.79 Å². The van der Waals surface area contributed by atoms with Gasteiger partial charge in [0.15, 0.2) is 0 Å². The molecular formula is C14H19NO4. The molecule has 1 aliphatic rings. The molecule has 19 heavy (non-hydrogen) atoms. The lowest BCUT2D eigenvalue weighted by Gasteiger charge is -2.35. The third-order valence-corrected chi connectivity index (χ3v) is 3.06. The van der Waals surface area contributed by atoms with Crippen molar-refractivity contribution in [3.05, 3.63) is 24.3 Å². The van der Waals surface area contributed by atoms with Crippen molar-refractivity contribution in [2.45, 2.75) is 19.4 Å². The second-order valence-electron chi connectivity index (χ2n) is 4.37. The number of ether oxygens (including phenoxy) is 2. The van der Waals surface area contributed by atoms with E-state index in [-0.39, 0.29) is 25.2 Å². The van der Waals surface area contributed by atoms with Crippen LogP contribution in [0.2, 0.25) is 0 Å². The van der Waals surface area contributed by atoms with Crippen molar-refractivity contribution in [2.75, 3.05) is 31.3 Å². The van der Waals surface area contributed by atoms with Gasteiger partial charge in [0, 0.05) is 12.3 Å². The van der Waals surface area contributed by atoms with Crippen LogP contribution in [0.15, 0.2) is 24.3 Å². The zero-order valence-corrected chi connectivity index (χ0v) is 11.0. The molecule has 2 rings (SSSR count). The number of carbonyl (C=O) groups excluding carboxylic acids is 1. The third kappa shape index (κ3) is 3.24. The van der Waals surface area contributed by atoms with Crippen molar-refractivity contribution in [3.63, 3.8) is 0 Å². The van der Waals surface area contributed by atoms with Gasteiger partial charge in [0.25, 0.3) is 5.91 Å². The summed E-state index contributed by atoms with van der Waals surface area (Å²) in [5, 5.41) is 9.07. The summed E-state index contributed by atoms with van der Waals surface area (Å²) in [5.74, 6) is 0.708. The lowest BCUT2D eigenvalue weighted by Crippen LogP contribution is -2.50. The van der Waals surface area contributed by atoms with Gasteiger partial charge in [0.05, 0.1) is 19.3 Å². The van der Waals surface area contributed by atoms with E-state index in [4.69, 9.17) is 14.6 Å². The molecule has 0 aliphatic carbocycles. The van der Waals surface area contributed by atoms with Crippen molar-refractivity contribution < 1.29 is 19.4 Å². The van der Waals surface area contributed by atoms with E-state index in [1.807, 2.05) is 31.2 Å². The maximum atomic E-state index is 12.0. The molecule has 0 bridgehead atoms. The van der Waals surface area contributed by atoms with E-state index >= 15 is 0 Å². The monoisotopic (exact) mass is 265 g/mol. The molecule has 0 radical (unpaired) electrons. The number of hydrogen-bond acceptors (Lipinski definition) is 4. The maximum absolute atomic E-state index is 12.0. The number of carbonyl (C=O) groups is 1. The lowest BCUT2D eigenvalue weighted by molar-refractivity contribution is -0.127. The number of amides is 1. The van der Waals surface area contributed by atoms with Crippen LogP contribution in [-0.2, 0) is 9.53 Å².